The Hall–Kier alpha value is -4.60. The Bertz CT molecular complexity index is 1200. The molecule has 0 aliphatic carbocycles. The number of hydrogen-bond acceptors (Lipinski definition) is 7. The number of ether oxygens (including phenoxy) is 1. The van der Waals surface area contributed by atoms with Crippen LogP contribution in [-0.4, -0.2) is 33.5 Å². The van der Waals surface area contributed by atoms with E-state index in [-0.39, 0.29) is 22.7 Å². The van der Waals surface area contributed by atoms with Gasteiger partial charge >= 0.3 is 12.0 Å². The Morgan fingerprint density at radius 2 is 1.70 bits per heavy atom. The third-order valence-electron chi connectivity index (χ3n) is 4.38. The number of amides is 3. The van der Waals surface area contributed by atoms with E-state index in [1.807, 2.05) is 0 Å². The highest BCUT2D eigenvalue weighted by Crippen LogP contribution is 2.28. The standard InChI is InChI=1S/C20H11N3O7/c24-17-13-3-1-2-4-16(13)30-19(26)14(17)10-22-18(25)15(21-20(22)27)9-11-5-7-12(8-6-11)23(28)29/h1-10H,(H,21,27)/b14-10-,15-9-. The number of fused-ring (bicyclic) bond motifs is 1. The number of para-hydroxylation sites is 1. The van der Waals surface area contributed by atoms with Gasteiger partial charge in [0.15, 0.2) is 0 Å². The molecule has 10 heteroatoms. The second kappa shape index (κ2) is 7.09. The third-order valence-corrected chi connectivity index (χ3v) is 4.38. The quantitative estimate of drug-likeness (QED) is 0.157. The van der Waals surface area contributed by atoms with Gasteiger partial charge in [0.2, 0.25) is 5.78 Å². The number of non-ortho nitro benzene ring substituents is 1. The third kappa shape index (κ3) is 3.22. The van der Waals surface area contributed by atoms with Gasteiger partial charge in [0.25, 0.3) is 11.6 Å². The molecule has 1 N–H and O–H groups in total. The number of esters is 1. The molecular formula is C20H11N3O7. The van der Waals surface area contributed by atoms with Crippen LogP contribution in [0.15, 0.2) is 66.0 Å². The van der Waals surface area contributed by atoms with Gasteiger partial charge in [0.1, 0.15) is 17.0 Å². The smallest absolute Gasteiger partial charge is 0.349 e. The lowest BCUT2D eigenvalue weighted by Gasteiger charge is -2.17. The highest BCUT2D eigenvalue weighted by Gasteiger charge is 2.37. The number of ketones is 1. The van der Waals surface area contributed by atoms with Crippen molar-refractivity contribution in [3.05, 3.63) is 87.2 Å². The molecule has 10 nitrogen and oxygen atoms in total. The van der Waals surface area contributed by atoms with Crippen LogP contribution in [0.1, 0.15) is 15.9 Å². The number of carbonyl (C=O) groups is 4. The van der Waals surface area contributed by atoms with Gasteiger partial charge < -0.3 is 10.1 Å². The summed E-state index contributed by atoms with van der Waals surface area (Å²) in [4.78, 5) is 60.3. The fourth-order valence-corrected chi connectivity index (χ4v) is 2.90. The van der Waals surface area contributed by atoms with Crippen LogP contribution in [0.4, 0.5) is 10.5 Å². The Labute approximate surface area is 168 Å². The van der Waals surface area contributed by atoms with Gasteiger partial charge in [0, 0.05) is 18.3 Å². The fraction of sp³-hybridized carbons (Fsp3) is 0. The van der Waals surface area contributed by atoms with Crippen molar-refractivity contribution >= 4 is 35.5 Å². The summed E-state index contributed by atoms with van der Waals surface area (Å²) in [5, 5.41) is 13.0. The number of nitro benzene ring substituents is 1. The lowest BCUT2D eigenvalue weighted by molar-refractivity contribution is -0.384. The molecule has 2 aliphatic rings. The van der Waals surface area contributed by atoms with E-state index < -0.39 is 34.2 Å². The zero-order chi connectivity index (χ0) is 21.4. The number of rotatable bonds is 3. The van der Waals surface area contributed by atoms with E-state index in [9.17, 15) is 29.3 Å². The first-order chi connectivity index (χ1) is 14.3. The van der Waals surface area contributed by atoms with Crippen LogP contribution in [0.2, 0.25) is 0 Å². The van der Waals surface area contributed by atoms with Crippen molar-refractivity contribution in [1.82, 2.24) is 10.2 Å². The van der Waals surface area contributed by atoms with E-state index in [0.29, 0.717) is 10.5 Å². The monoisotopic (exact) mass is 405 g/mol. The normalized spacial score (nSPS) is 18.5. The molecule has 3 amide bonds. The molecule has 0 atom stereocenters. The predicted molar refractivity (Wildman–Crippen MR) is 101 cm³/mol. The maximum Gasteiger partial charge on any atom is 0.349 e. The second-order valence-corrected chi connectivity index (χ2v) is 6.27. The van der Waals surface area contributed by atoms with Crippen LogP contribution in [0.5, 0.6) is 5.75 Å². The first-order valence-electron chi connectivity index (χ1n) is 8.53. The summed E-state index contributed by atoms with van der Waals surface area (Å²) in [6, 6.07) is 10.6. The minimum absolute atomic E-state index is 0.0978. The lowest BCUT2D eigenvalue weighted by atomic mass is 10.0. The van der Waals surface area contributed by atoms with Gasteiger partial charge in [-0.3, -0.25) is 19.7 Å². The summed E-state index contributed by atoms with van der Waals surface area (Å²) in [5.41, 5.74) is -0.144. The number of benzene rings is 2. The van der Waals surface area contributed by atoms with Crippen LogP contribution >= 0.6 is 0 Å². The van der Waals surface area contributed by atoms with E-state index >= 15 is 0 Å². The molecule has 0 aromatic heterocycles. The summed E-state index contributed by atoms with van der Waals surface area (Å²) in [6.07, 6.45) is 2.16. The van der Waals surface area contributed by atoms with E-state index in [1.54, 1.807) is 12.1 Å². The van der Waals surface area contributed by atoms with E-state index in [2.05, 4.69) is 5.32 Å². The van der Waals surface area contributed by atoms with Gasteiger partial charge in [-0.1, -0.05) is 12.1 Å². The Kier molecular flexibility index (Phi) is 4.43. The van der Waals surface area contributed by atoms with Gasteiger partial charge in [-0.2, -0.15) is 0 Å². The molecule has 2 aromatic rings. The van der Waals surface area contributed by atoms with Crippen molar-refractivity contribution in [1.29, 1.82) is 0 Å². The van der Waals surface area contributed by atoms with Crippen molar-refractivity contribution in [3.8, 4) is 5.75 Å². The fourth-order valence-electron chi connectivity index (χ4n) is 2.90. The van der Waals surface area contributed by atoms with Gasteiger partial charge in [0.05, 0.1) is 10.5 Å². The molecule has 2 aromatic carbocycles. The number of nitrogens with zero attached hydrogens (tertiary/aromatic N) is 2. The van der Waals surface area contributed by atoms with Crippen molar-refractivity contribution in [2.45, 2.75) is 0 Å². The Balaban J connectivity index is 1.62. The van der Waals surface area contributed by atoms with Crippen LogP contribution in [0, 0.1) is 10.1 Å². The maximum absolute atomic E-state index is 12.6. The minimum atomic E-state index is -0.980. The first kappa shape index (κ1) is 18.7. The lowest BCUT2D eigenvalue weighted by Crippen LogP contribution is -2.31. The van der Waals surface area contributed by atoms with Crippen LogP contribution < -0.4 is 10.1 Å². The Morgan fingerprint density at radius 3 is 2.40 bits per heavy atom. The molecule has 1 fully saturated rings. The molecule has 2 heterocycles. The van der Waals surface area contributed by atoms with E-state index in [4.69, 9.17) is 4.74 Å². The summed E-state index contributed by atoms with van der Waals surface area (Å²) in [6.45, 7) is 0. The van der Waals surface area contributed by atoms with E-state index in [0.717, 1.165) is 6.20 Å². The number of carbonyl (C=O) groups excluding carboxylic acids is 4. The maximum atomic E-state index is 12.6. The minimum Gasteiger partial charge on any atom is -0.422 e. The Morgan fingerprint density at radius 1 is 1.00 bits per heavy atom. The molecule has 2 aliphatic heterocycles. The topological polar surface area (TPSA) is 136 Å². The number of Topliss-reactive ketones (excluding diaryl/α,β-unsaturated/α-hetero) is 1. The molecule has 148 valence electrons. The van der Waals surface area contributed by atoms with Crippen LogP contribution in [0.25, 0.3) is 6.08 Å². The largest absolute Gasteiger partial charge is 0.422 e. The van der Waals surface area contributed by atoms with Crippen molar-refractivity contribution in [2.75, 3.05) is 0 Å². The summed E-state index contributed by atoms with van der Waals surface area (Å²) < 4.78 is 5.08. The average molecular weight is 405 g/mol. The number of nitro groups is 1. The zero-order valence-electron chi connectivity index (χ0n) is 15.0. The molecule has 4 rings (SSSR count). The van der Waals surface area contributed by atoms with Crippen molar-refractivity contribution in [2.24, 2.45) is 0 Å². The number of hydrogen-bond donors (Lipinski definition) is 1. The number of urea groups is 1. The summed E-state index contributed by atoms with van der Waals surface area (Å²) in [5.74, 6) is -2.35. The molecule has 0 radical (unpaired) electrons. The van der Waals surface area contributed by atoms with Crippen molar-refractivity contribution in [3.63, 3.8) is 0 Å². The number of nitrogens with one attached hydrogen (secondary N) is 1. The zero-order valence-corrected chi connectivity index (χ0v) is 15.0. The van der Waals surface area contributed by atoms with Crippen molar-refractivity contribution < 1.29 is 28.8 Å². The van der Waals surface area contributed by atoms with Gasteiger partial charge in [-0.15, -0.1) is 0 Å². The summed E-state index contributed by atoms with van der Waals surface area (Å²) in [7, 11) is 0. The van der Waals surface area contributed by atoms with Gasteiger partial charge in [-0.25, -0.2) is 14.5 Å². The van der Waals surface area contributed by atoms with Gasteiger partial charge in [-0.05, 0) is 35.9 Å². The second-order valence-electron chi connectivity index (χ2n) is 6.27. The molecule has 0 spiro atoms. The highest BCUT2D eigenvalue weighted by molar-refractivity contribution is 6.28. The highest BCUT2D eigenvalue weighted by atomic mass is 16.6. The van der Waals surface area contributed by atoms with Crippen LogP contribution in [0.3, 0.4) is 0 Å². The van der Waals surface area contributed by atoms with E-state index in [1.165, 1.54) is 42.5 Å². The number of imide groups is 1. The first-order valence-corrected chi connectivity index (χ1v) is 8.53. The predicted octanol–water partition coefficient (Wildman–Crippen LogP) is 2.17. The molecular weight excluding hydrogens is 394 g/mol. The average Bonchev–Trinajstić information content (AvgIpc) is 2.98. The molecule has 1 saturated heterocycles. The molecule has 30 heavy (non-hydrogen) atoms. The van der Waals surface area contributed by atoms with Crippen LogP contribution in [-0.2, 0) is 9.59 Å². The summed E-state index contributed by atoms with van der Waals surface area (Å²) >= 11 is 0. The molecule has 0 saturated carbocycles. The SMILES string of the molecule is O=C1Oc2ccccc2C(=O)/C1=C/N1C(=O)N/C(=C\c2ccc([N+](=O)[O-])cc2)C1=O. The molecule has 0 unspecified atom stereocenters. The molecule has 0 bridgehead atoms.